The monoisotopic (exact) mass is 272 g/mol. The topological polar surface area (TPSA) is 25.4 Å². The summed E-state index contributed by atoms with van der Waals surface area (Å²) in [5, 5.41) is 0. The molecule has 0 atom stereocenters. The molecule has 0 aliphatic carbocycles. The van der Waals surface area contributed by atoms with Crippen LogP contribution in [-0.2, 0) is 0 Å². The molecule has 0 spiro atoms. The lowest BCUT2D eigenvalue weighted by Gasteiger charge is -2.32. The van der Waals surface area contributed by atoms with Gasteiger partial charge >= 0.3 is 0 Å². The van der Waals surface area contributed by atoms with E-state index in [-0.39, 0.29) is 11.9 Å². The molecule has 0 saturated carbocycles. The molecule has 1 aliphatic rings. The van der Waals surface area contributed by atoms with E-state index in [1.165, 1.54) is 12.1 Å². The van der Waals surface area contributed by atoms with Crippen molar-refractivity contribution < 1.29 is 9.13 Å². The van der Waals surface area contributed by atoms with Crippen LogP contribution in [0.4, 0.5) is 10.2 Å². The molecular weight excluding hydrogens is 255 g/mol. The van der Waals surface area contributed by atoms with E-state index in [2.05, 4.69) is 9.88 Å². The van der Waals surface area contributed by atoms with Gasteiger partial charge in [-0.3, -0.25) is 0 Å². The second-order valence-corrected chi connectivity index (χ2v) is 4.95. The third-order valence-electron chi connectivity index (χ3n) is 3.53. The lowest BCUT2D eigenvalue weighted by molar-refractivity contribution is 0.170. The summed E-state index contributed by atoms with van der Waals surface area (Å²) < 4.78 is 18.7. The molecule has 3 rings (SSSR count). The van der Waals surface area contributed by atoms with Gasteiger partial charge in [0.1, 0.15) is 23.5 Å². The number of anilines is 1. The summed E-state index contributed by atoms with van der Waals surface area (Å²) in [5.41, 5.74) is 0. The van der Waals surface area contributed by atoms with Gasteiger partial charge in [-0.1, -0.05) is 6.07 Å². The van der Waals surface area contributed by atoms with Crippen molar-refractivity contribution in [3.05, 3.63) is 54.5 Å². The zero-order chi connectivity index (χ0) is 13.8. The molecule has 1 aromatic carbocycles. The highest BCUT2D eigenvalue weighted by atomic mass is 19.1. The molecule has 104 valence electrons. The van der Waals surface area contributed by atoms with E-state index in [1.807, 2.05) is 24.4 Å². The lowest BCUT2D eigenvalue weighted by atomic mass is 10.1. The Morgan fingerprint density at radius 2 is 1.80 bits per heavy atom. The molecule has 2 heterocycles. The third kappa shape index (κ3) is 3.07. The average Bonchev–Trinajstić information content (AvgIpc) is 2.51. The van der Waals surface area contributed by atoms with Crippen molar-refractivity contribution in [2.75, 3.05) is 18.0 Å². The molecule has 0 bridgehead atoms. The Morgan fingerprint density at radius 3 is 2.45 bits per heavy atom. The van der Waals surface area contributed by atoms with Gasteiger partial charge in [0.2, 0.25) is 0 Å². The third-order valence-corrected chi connectivity index (χ3v) is 3.53. The Morgan fingerprint density at radius 1 is 1.05 bits per heavy atom. The standard InChI is InChI=1S/C16H17FN2O/c17-13-4-6-14(7-5-13)20-15-8-11-19(12-9-15)16-3-1-2-10-18-16/h1-7,10,15H,8-9,11-12H2. The van der Waals surface area contributed by atoms with Crippen LogP contribution in [-0.4, -0.2) is 24.2 Å². The highest BCUT2D eigenvalue weighted by molar-refractivity contribution is 5.38. The Labute approximate surface area is 118 Å². The van der Waals surface area contributed by atoms with Crippen molar-refractivity contribution in [3.63, 3.8) is 0 Å². The molecule has 0 amide bonds. The van der Waals surface area contributed by atoms with Crippen molar-refractivity contribution in [1.82, 2.24) is 4.98 Å². The zero-order valence-electron chi connectivity index (χ0n) is 11.2. The van der Waals surface area contributed by atoms with Gasteiger partial charge in [-0.25, -0.2) is 9.37 Å². The molecule has 0 radical (unpaired) electrons. The number of pyridine rings is 1. The fourth-order valence-electron chi connectivity index (χ4n) is 2.45. The molecular formula is C16H17FN2O. The van der Waals surface area contributed by atoms with Gasteiger partial charge in [-0.15, -0.1) is 0 Å². The SMILES string of the molecule is Fc1ccc(OC2CCN(c3ccccn3)CC2)cc1. The van der Waals surface area contributed by atoms with Crippen molar-refractivity contribution >= 4 is 5.82 Å². The first-order valence-corrected chi connectivity index (χ1v) is 6.89. The van der Waals surface area contributed by atoms with E-state index in [1.54, 1.807) is 12.1 Å². The predicted octanol–water partition coefficient (Wildman–Crippen LogP) is 3.27. The molecule has 0 N–H and O–H groups in total. The van der Waals surface area contributed by atoms with Crippen molar-refractivity contribution in [2.24, 2.45) is 0 Å². The normalized spacial score (nSPS) is 16.1. The van der Waals surface area contributed by atoms with Gasteiger partial charge < -0.3 is 9.64 Å². The first-order valence-electron chi connectivity index (χ1n) is 6.89. The first kappa shape index (κ1) is 12.9. The van der Waals surface area contributed by atoms with E-state index in [9.17, 15) is 4.39 Å². The fraction of sp³-hybridized carbons (Fsp3) is 0.312. The molecule has 1 aliphatic heterocycles. The van der Waals surface area contributed by atoms with Crippen LogP contribution in [0.3, 0.4) is 0 Å². The minimum absolute atomic E-state index is 0.195. The number of hydrogen-bond acceptors (Lipinski definition) is 3. The second-order valence-electron chi connectivity index (χ2n) is 4.95. The molecule has 1 fully saturated rings. The highest BCUT2D eigenvalue weighted by Crippen LogP contribution is 2.21. The minimum atomic E-state index is -0.234. The van der Waals surface area contributed by atoms with Crippen LogP contribution in [0.15, 0.2) is 48.7 Å². The van der Waals surface area contributed by atoms with Gasteiger partial charge in [0.25, 0.3) is 0 Å². The summed E-state index contributed by atoms with van der Waals surface area (Å²) >= 11 is 0. The highest BCUT2D eigenvalue weighted by Gasteiger charge is 2.21. The van der Waals surface area contributed by atoms with Crippen molar-refractivity contribution in [1.29, 1.82) is 0 Å². The fourth-order valence-corrected chi connectivity index (χ4v) is 2.45. The largest absolute Gasteiger partial charge is 0.490 e. The minimum Gasteiger partial charge on any atom is -0.490 e. The maximum atomic E-state index is 12.8. The number of nitrogens with zero attached hydrogens (tertiary/aromatic N) is 2. The Kier molecular flexibility index (Phi) is 3.81. The summed E-state index contributed by atoms with van der Waals surface area (Å²) in [6.07, 6.45) is 3.92. The van der Waals surface area contributed by atoms with Gasteiger partial charge in [-0.2, -0.15) is 0 Å². The molecule has 20 heavy (non-hydrogen) atoms. The Bertz CT molecular complexity index is 536. The van der Waals surface area contributed by atoms with E-state index in [0.29, 0.717) is 0 Å². The van der Waals surface area contributed by atoms with Crippen LogP contribution in [0.5, 0.6) is 5.75 Å². The molecule has 1 saturated heterocycles. The molecule has 3 nitrogen and oxygen atoms in total. The zero-order valence-corrected chi connectivity index (χ0v) is 11.2. The van der Waals surface area contributed by atoms with Crippen LogP contribution in [0, 0.1) is 5.82 Å². The molecule has 0 unspecified atom stereocenters. The number of hydrogen-bond donors (Lipinski definition) is 0. The number of benzene rings is 1. The van der Waals surface area contributed by atoms with Gasteiger partial charge in [0, 0.05) is 32.1 Å². The number of halogens is 1. The summed E-state index contributed by atoms with van der Waals surface area (Å²) in [6, 6.07) is 12.2. The van der Waals surface area contributed by atoms with E-state index < -0.39 is 0 Å². The maximum absolute atomic E-state index is 12.8. The van der Waals surface area contributed by atoms with Crippen LogP contribution in [0.2, 0.25) is 0 Å². The van der Waals surface area contributed by atoms with Crippen LogP contribution >= 0.6 is 0 Å². The van der Waals surface area contributed by atoms with Gasteiger partial charge in [0.05, 0.1) is 0 Å². The van der Waals surface area contributed by atoms with Crippen molar-refractivity contribution in [3.8, 4) is 5.75 Å². The van der Waals surface area contributed by atoms with Gasteiger partial charge in [-0.05, 0) is 36.4 Å². The first-order chi connectivity index (χ1) is 9.81. The molecule has 2 aromatic rings. The molecule has 1 aromatic heterocycles. The smallest absolute Gasteiger partial charge is 0.128 e. The quantitative estimate of drug-likeness (QED) is 0.857. The Hall–Kier alpha value is -2.10. The summed E-state index contributed by atoms with van der Waals surface area (Å²) in [5.74, 6) is 1.53. The summed E-state index contributed by atoms with van der Waals surface area (Å²) in [7, 11) is 0. The lowest BCUT2D eigenvalue weighted by Crippen LogP contribution is -2.38. The second kappa shape index (κ2) is 5.90. The van der Waals surface area contributed by atoms with Crippen molar-refractivity contribution in [2.45, 2.75) is 18.9 Å². The summed E-state index contributed by atoms with van der Waals surface area (Å²) in [6.45, 7) is 1.87. The maximum Gasteiger partial charge on any atom is 0.128 e. The van der Waals surface area contributed by atoms with E-state index >= 15 is 0 Å². The van der Waals surface area contributed by atoms with Gasteiger partial charge in [0.15, 0.2) is 0 Å². The Balaban J connectivity index is 1.55. The number of aromatic nitrogens is 1. The van der Waals surface area contributed by atoms with Crippen LogP contribution < -0.4 is 9.64 Å². The predicted molar refractivity (Wildman–Crippen MR) is 76.5 cm³/mol. The molecule has 4 heteroatoms. The van der Waals surface area contributed by atoms with Crippen LogP contribution in [0.1, 0.15) is 12.8 Å². The summed E-state index contributed by atoms with van der Waals surface area (Å²) in [4.78, 5) is 6.63. The van der Waals surface area contributed by atoms with E-state index in [0.717, 1.165) is 37.5 Å². The number of rotatable bonds is 3. The number of ether oxygens (including phenoxy) is 1. The number of piperidine rings is 1. The average molecular weight is 272 g/mol. The van der Waals surface area contributed by atoms with Crippen LogP contribution in [0.25, 0.3) is 0 Å². The van der Waals surface area contributed by atoms with E-state index in [4.69, 9.17) is 4.74 Å².